The van der Waals surface area contributed by atoms with E-state index < -0.39 is 0 Å². The van der Waals surface area contributed by atoms with Crippen LogP contribution in [0.15, 0.2) is 66.9 Å². The number of aromatic nitrogens is 1. The molecule has 3 aromatic rings. The number of hydrogen-bond donors (Lipinski definition) is 0. The van der Waals surface area contributed by atoms with Gasteiger partial charge >= 0.3 is 0 Å². The minimum atomic E-state index is 0.780. The summed E-state index contributed by atoms with van der Waals surface area (Å²) in [5.74, 6) is 0.980. The van der Waals surface area contributed by atoms with E-state index in [4.69, 9.17) is 0 Å². The maximum atomic E-state index is 4.53. The number of hydrogen-bond acceptors (Lipinski definition) is 3. The largest absolute Gasteiger partial charge is 0.320 e. The Morgan fingerprint density at radius 2 is 1.39 bits per heavy atom. The van der Waals surface area contributed by atoms with Gasteiger partial charge < -0.3 is 9.80 Å². The van der Waals surface area contributed by atoms with Gasteiger partial charge in [0.1, 0.15) is 12.5 Å². The van der Waals surface area contributed by atoms with Crippen LogP contribution in [0.25, 0.3) is 0 Å². The van der Waals surface area contributed by atoms with Crippen molar-refractivity contribution in [1.29, 1.82) is 0 Å². The molecule has 114 valence electrons. The van der Waals surface area contributed by atoms with Crippen LogP contribution in [0.3, 0.4) is 0 Å². The van der Waals surface area contributed by atoms with Gasteiger partial charge in [0.15, 0.2) is 0 Å². The monoisotopic (exact) mass is 301 g/mol. The van der Waals surface area contributed by atoms with Crippen LogP contribution in [0, 0.1) is 13.8 Å². The van der Waals surface area contributed by atoms with Crippen molar-refractivity contribution in [2.75, 3.05) is 16.5 Å². The minimum absolute atomic E-state index is 0.780. The van der Waals surface area contributed by atoms with E-state index >= 15 is 0 Å². The van der Waals surface area contributed by atoms with Crippen molar-refractivity contribution >= 4 is 22.9 Å². The van der Waals surface area contributed by atoms with E-state index in [9.17, 15) is 0 Å². The van der Waals surface area contributed by atoms with Crippen LogP contribution in [0.1, 0.15) is 11.1 Å². The Balaban J connectivity index is 1.85. The molecule has 1 aliphatic rings. The second-order valence-corrected chi connectivity index (χ2v) is 5.91. The SMILES string of the molecule is Cc1cccc(C)c1N1CN(c2ccccn2)c2ccccc21. The smallest absolute Gasteiger partial charge is 0.134 e. The molecule has 0 N–H and O–H groups in total. The molecule has 0 fully saturated rings. The van der Waals surface area contributed by atoms with Crippen LogP contribution in [-0.4, -0.2) is 11.7 Å². The molecule has 0 amide bonds. The predicted molar refractivity (Wildman–Crippen MR) is 95.7 cm³/mol. The van der Waals surface area contributed by atoms with Gasteiger partial charge in [-0.25, -0.2) is 4.98 Å². The van der Waals surface area contributed by atoms with Crippen molar-refractivity contribution in [3.63, 3.8) is 0 Å². The van der Waals surface area contributed by atoms with E-state index in [1.165, 1.54) is 28.2 Å². The lowest BCUT2D eigenvalue weighted by molar-refractivity contribution is 0.959. The second kappa shape index (κ2) is 5.43. The molecule has 3 heteroatoms. The molecule has 0 bridgehead atoms. The van der Waals surface area contributed by atoms with E-state index in [1.54, 1.807) is 0 Å². The first-order chi connectivity index (χ1) is 11.3. The number of benzene rings is 2. The van der Waals surface area contributed by atoms with Crippen molar-refractivity contribution in [2.45, 2.75) is 13.8 Å². The molecule has 0 unspecified atom stereocenters. The van der Waals surface area contributed by atoms with Crippen LogP contribution in [-0.2, 0) is 0 Å². The Bertz CT molecular complexity index is 822. The first-order valence-electron chi connectivity index (χ1n) is 7.87. The quantitative estimate of drug-likeness (QED) is 0.668. The average molecular weight is 301 g/mol. The molecular formula is C20H19N3. The van der Waals surface area contributed by atoms with Crippen LogP contribution in [0.4, 0.5) is 22.9 Å². The van der Waals surface area contributed by atoms with Gasteiger partial charge in [0, 0.05) is 11.9 Å². The van der Waals surface area contributed by atoms with E-state index in [0.717, 1.165) is 12.5 Å². The number of para-hydroxylation sites is 3. The van der Waals surface area contributed by atoms with Gasteiger partial charge in [-0.1, -0.05) is 36.4 Å². The fourth-order valence-electron chi connectivity index (χ4n) is 3.35. The Hall–Kier alpha value is -2.81. The van der Waals surface area contributed by atoms with E-state index in [0.29, 0.717) is 0 Å². The molecule has 1 aliphatic heterocycles. The fraction of sp³-hybridized carbons (Fsp3) is 0.150. The predicted octanol–water partition coefficient (Wildman–Crippen LogP) is 4.95. The van der Waals surface area contributed by atoms with Crippen molar-refractivity contribution in [3.05, 3.63) is 78.0 Å². The molecule has 0 atom stereocenters. The van der Waals surface area contributed by atoms with Gasteiger partial charge in [0.05, 0.1) is 11.4 Å². The highest BCUT2D eigenvalue weighted by Gasteiger charge is 2.29. The van der Waals surface area contributed by atoms with Gasteiger partial charge in [0.25, 0.3) is 0 Å². The van der Waals surface area contributed by atoms with E-state index in [-0.39, 0.29) is 0 Å². The number of aryl methyl sites for hydroxylation is 2. The molecule has 2 heterocycles. The highest BCUT2D eigenvalue weighted by atomic mass is 15.4. The standard InChI is InChI=1S/C20H19N3/c1-15-8-7-9-16(2)20(15)23-14-22(19-12-5-6-13-21-19)17-10-3-4-11-18(17)23/h3-13H,14H2,1-2H3. The molecule has 0 radical (unpaired) electrons. The lowest BCUT2D eigenvalue weighted by Crippen LogP contribution is -2.25. The van der Waals surface area contributed by atoms with Gasteiger partial charge in [-0.2, -0.15) is 0 Å². The van der Waals surface area contributed by atoms with Crippen LogP contribution in [0.2, 0.25) is 0 Å². The fourth-order valence-corrected chi connectivity index (χ4v) is 3.35. The summed E-state index contributed by atoms with van der Waals surface area (Å²) in [6.45, 7) is 5.13. The highest BCUT2D eigenvalue weighted by Crippen LogP contribution is 2.44. The third kappa shape index (κ3) is 2.25. The molecule has 0 saturated heterocycles. The van der Waals surface area contributed by atoms with Crippen molar-refractivity contribution in [1.82, 2.24) is 4.98 Å². The zero-order valence-electron chi connectivity index (χ0n) is 13.4. The molecule has 0 aliphatic carbocycles. The Labute approximate surface area is 136 Å². The number of fused-ring (bicyclic) bond motifs is 1. The molecule has 3 nitrogen and oxygen atoms in total. The molecule has 0 saturated carbocycles. The topological polar surface area (TPSA) is 19.4 Å². The molecule has 23 heavy (non-hydrogen) atoms. The maximum Gasteiger partial charge on any atom is 0.134 e. The number of anilines is 4. The highest BCUT2D eigenvalue weighted by molar-refractivity contribution is 5.87. The van der Waals surface area contributed by atoms with Crippen molar-refractivity contribution < 1.29 is 0 Å². The number of nitrogens with zero attached hydrogens (tertiary/aromatic N) is 3. The number of pyridine rings is 1. The van der Waals surface area contributed by atoms with Gasteiger partial charge in [0.2, 0.25) is 0 Å². The Morgan fingerprint density at radius 3 is 2.04 bits per heavy atom. The summed E-state index contributed by atoms with van der Waals surface area (Å²) < 4.78 is 0. The summed E-state index contributed by atoms with van der Waals surface area (Å²) in [7, 11) is 0. The van der Waals surface area contributed by atoms with Gasteiger partial charge in [-0.05, 0) is 49.2 Å². The first kappa shape index (κ1) is 13.8. The zero-order chi connectivity index (χ0) is 15.8. The van der Waals surface area contributed by atoms with Crippen molar-refractivity contribution in [2.24, 2.45) is 0 Å². The second-order valence-electron chi connectivity index (χ2n) is 5.91. The number of rotatable bonds is 2. The molecule has 4 rings (SSSR count). The summed E-state index contributed by atoms with van der Waals surface area (Å²) in [5, 5.41) is 0. The molecule has 2 aromatic carbocycles. The normalized spacial score (nSPS) is 13.3. The van der Waals surface area contributed by atoms with Crippen LogP contribution < -0.4 is 9.80 Å². The third-order valence-corrected chi connectivity index (χ3v) is 4.38. The summed E-state index contributed by atoms with van der Waals surface area (Å²) >= 11 is 0. The van der Waals surface area contributed by atoms with Crippen LogP contribution in [0.5, 0.6) is 0 Å². The zero-order valence-corrected chi connectivity index (χ0v) is 13.4. The molecule has 0 spiro atoms. The van der Waals surface area contributed by atoms with E-state index in [2.05, 4.69) is 77.2 Å². The van der Waals surface area contributed by atoms with Gasteiger partial charge in [-0.3, -0.25) is 0 Å². The summed E-state index contributed by atoms with van der Waals surface area (Å²) in [4.78, 5) is 9.18. The summed E-state index contributed by atoms with van der Waals surface area (Å²) in [6.07, 6.45) is 1.85. The Morgan fingerprint density at radius 1 is 0.739 bits per heavy atom. The minimum Gasteiger partial charge on any atom is -0.320 e. The third-order valence-electron chi connectivity index (χ3n) is 4.38. The van der Waals surface area contributed by atoms with Crippen molar-refractivity contribution in [3.8, 4) is 0 Å². The molecular weight excluding hydrogens is 282 g/mol. The molecule has 1 aromatic heterocycles. The van der Waals surface area contributed by atoms with Crippen LogP contribution >= 0.6 is 0 Å². The first-order valence-corrected chi connectivity index (χ1v) is 7.87. The average Bonchev–Trinajstić information content (AvgIpc) is 2.95. The summed E-state index contributed by atoms with van der Waals surface area (Å²) in [5.41, 5.74) is 6.31. The van der Waals surface area contributed by atoms with Gasteiger partial charge in [-0.15, -0.1) is 0 Å². The van der Waals surface area contributed by atoms with E-state index in [1.807, 2.05) is 18.3 Å². The maximum absolute atomic E-state index is 4.53. The lowest BCUT2D eigenvalue weighted by Gasteiger charge is -2.24. The lowest BCUT2D eigenvalue weighted by atomic mass is 10.1. The summed E-state index contributed by atoms with van der Waals surface area (Å²) in [6, 6.07) is 21.0. The Kier molecular flexibility index (Phi) is 3.27.